The Balaban J connectivity index is 1.69. The summed E-state index contributed by atoms with van der Waals surface area (Å²) in [7, 11) is 1.58. The molecule has 1 N–H and O–H groups in total. The number of nitrogens with one attached hydrogen (secondary N) is 1. The number of rotatable bonds is 7. The Morgan fingerprint density at radius 1 is 1.23 bits per heavy atom. The monoisotopic (exact) mass is 305 g/mol. The van der Waals surface area contributed by atoms with Crippen LogP contribution in [0.1, 0.15) is 42.5 Å². The minimum atomic E-state index is -0.101. The molecule has 2 rings (SSSR count). The number of Topliss-reactive ketones (excluding diaryl/α,β-unsaturated/α-hetero) is 1. The standard InChI is InChI=1S/C17H23NO4/c1-21-14-7-5-13(6-8-14)16(19)9-10-17(20)18-12-15-4-2-3-11-22-15/h5-8,15H,2-4,9-12H2,1H3,(H,18,20)/t15-/m0/s1. The highest BCUT2D eigenvalue weighted by atomic mass is 16.5. The fraction of sp³-hybridized carbons (Fsp3) is 0.529. The minimum absolute atomic E-state index is 0.0354. The molecule has 1 aromatic carbocycles. The van der Waals surface area contributed by atoms with Crippen LogP contribution in [0.5, 0.6) is 5.75 Å². The SMILES string of the molecule is COc1ccc(C(=O)CCC(=O)NC[C@@H]2CCCCO2)cc1. The second-order valence-corrected chi connectivity index (χ2v) is 5.44. The maximum Gasteiger partial charge on any atom is 0.220 e. The highest BCUT2D eigenvalue weighted by Gasteiger charge is 2.15. The van der Waals surface area contributed by atoms with Crippen LogP contribution in [0.25, 0.3) is 0 Å². The highest BCUT2D eigenvalue weighted by Crippen LogP contribution is 2.14. The lowest BCUT2D eigenvalue weighted by Gasteiger charge is -2.22. The third-order valence-corrected chi connectivity index (χ3v) is 3.79. The van der Waals surface area contributed by atoms with Gasteiger partial charge in [0, 0.05) is 31.6 Å². The van der Waals surface area contributed by atoms with Crippen molar-refractivity contribution in [3.63, 3.8) is 0 Å². The minimum Gasteiger partial charge on any atom is -0.497 e. The lowest BCUT2D eigenvalue weighted by Crippen LogP contribution is -2.35. The maximum atomic E-state index is 12.0. The van der Waals surface area contributed by atoms with E-state index < -0.39 is 0 Å². The highest BCUT2D eigenvalue weighted by molar-refractivity contribution is 5.98. The number of carbonyl (C=O) groups excluding carboxylic acids is 2. The van der Waals surface area contributed by atoms with Crippen LogP contribution in [0, 0.1) is 0 Å². The second kappa shape index (κ2) is 8.54. The zero-order valence-corrected chi connectivity index (χ0v) is 13.0. The van der Waals surface area contributed by atoms with Crippen molar-refractivity contribution in [1.29, 1.82) is 0 Å². The molecule has 0 spiro atoms. The van der Waals surface area contributed by atoms with E-state index in [0.29, 0.717) is 17.9 Å². The Labute approximate surface area is 131 Å². The number of amides is 1. The van der Waals surface area contributed by atoms with Crippen LogP contribution in [0.4, 0.5) is 0 Å². The van der Waals surface area contributed by atoms with E-state index in [1.165, 1.54) is 0 Å². The van der Waals surface area contributed by atoms with E-state index in [4.69, 9.17) is 9.47 Å². The Hall–Kier alpha value is -1.88. The van der Waals surface area contributed by atoms with E-state index >= 15 is 0 Å². The number of ether oxygens (including phenoxy) is 2. The summed E-state index contributed by atoms with van der Waals surface area (Å²) in [6, 6.07) is 6.92. The van der Waals surface area contributed by atoms with Crippen LogP contribution in [0.15, 0.2) is 24.3 Å². The van der Waals surface area contributed by atoms with Crippen LogP contribution in [-0.4, -0.2) is 38.1 Å². The second-order valence-electron chi connectivity index (χ2n) is 5.44. The van der Waals surface area contributed by atoms with E-state index in [0.717, 1.165) is 25.9 Å². The zero-order chi connectivity index (χ0) is 15.8. The summed E-state index contributed by atoms with van der Waals surface area (Å²) in [5.41, 5.74) is 0.601. The molecule has 1 saturated heterocycles. The van der Waals surface area contributed by atoms with Crippen molar-refractivity contribution in [3.8, 4) is 5.75 Å². The molecule has 1 aliphatic heterocycles. The van der Waals surface area contributed by atoms with Gasteiger partial charge in [-0.2, -0.15) is 0 Å². The Kier molecular flexibility index (Phi) is 6.40. The Bertz CT molecular complexity index is 492. The van der Waals surface area contributed by atoms with Gasteiger partial charge in [0.25, 0.3) is 0 Å². The zero-order valence-electron chi connectivity index (χ0n) is 13.0. The average molecular weight is 305 g/mol. The van der Waals surface area contributed by atoms with E-state index in [2.05, 4.69) is 5.32 Å². The molecular formula is C17H23NO4. The van der Waals surface area contributed by atoms with E-state index in [9.17, 15) is 9.59 Å². The number of ketones is 1. The molecule has 0 unspecified atom stereocenters. The molecule has 22 heavy (non-hydrogen) atoms. The third-order valence-electron chi connectivity index (χ3n) is 3.79. The van der Waals surface area contributed by atoms with Gasteiger partial charge in [0.1, 0.15) is 5.75 Å². The van der Waals surface area contributed by atoms with Crippen LogP contribution in [0.2, 0.25) is 0 Å². The molecule has 1 atom stereocenters. The van der Waals surface area contributed by atoms with Gasteiger partial charge >= 0.3 is 0 Å². The number of hydrogen-bond acceptors (Lipinski definition) is 4. The van der Waals surface area contributed by atoms with Crippen molar-refractivity contribution in [1.82, 2.24) is 5.32 Å². The van der Waals surface area contributed by atoms with Gasteiger partial charge in [0.05, 0.1) is 13.2 Å². The van der Waals surface area contributed by atoms with Gasteiger partial charge in [-0.25, -0.2) is 0 Å². The summed E-state index contributed by atoms with van der Waals surface area (Å²) in [5.74, 6) is 0.574. The van der Waals surface area contributed by atoms with Gasteiger partial charge in [-0.05, 0) is 43.5 Å². The summed E-state index contributed by atoms with van der Waals surface area (Å²) >= 11 is 0. The first-order chi connectivity index (χ1) is 10.7. The lowest BCUT2D eigenvalue weighted by molar-refractivity contribution is -0.122. The summed E-state index contributed by atoms with van der Waals surface area (Å²) in [6.07, 6.45) is 3.78. The molecular weight excluding hydrogens is 282 g/mol. The quantitative estimate of drug-likeness (QED) is 0.785. The molecule has 0 radical (unpaired) electrons. The predicted octanol–water partition coefficient (Wildman–Crippen LogP) is 2.34. The average Bonchev–Trinajstić information content (AvgIpc) is 2.58. The summed E-state index contributed by atoms with van der Waals surface area (Å²) < 4.78 is 10.6. The van der Waals surface area contributed by atoms with Crippen molar-refractivity contribution < 1.29 is 19.1 Å². The van der Waals surface area contributed by atoms with Crippen molar-refractivity contribution in [3.05, 3.63) is 29.8 Å². The molecule has 1 aromatic rings. The van der Waals surface area contributed by atoms with Crippen molar-refractivity contribution in [2.75, 3.05) is 20.3 Å². The Morgan fingerprint density at radius 2 is 2.00 bits per heavy atom. The topological polar surface area (TPSA) is 64.6 Å². The van der Waals surface area contributed by atoms with E-state index in [1.54, 1.807) is 31.4 Å². The molecule has 1 fully saturated rings. The van der Waals surface area contributed by atoms with E-state index in [-0.39, 0.29) is 30.6 Å². The molecule has 1 aliphatic rings. The van der Waals surface area contributed by atoms with Crippen LogP contribution in [-0.2, 0) is 9.53 Å². The lowest BCUT2D eigenvalue weighted by atomic mass is 10.1. The normalized spacial score (nSPS) is 17.8. The van der Waals surface area contributed by atoms with Gasteiger partial charge in [-0.3, -0.25) is 9.59 Å². The first-order valence-electron chi connectivity index (χ1n) is 7.74. The molecule has 0 saturated carbocycles. The van der Waals surface area contributed by atoms with Crippen molar-refractivity contribution in [2.45, 2.75) is 38.2 Å². The number of benzene rings is 1. The van der Waals surface area contributed by atoms with Crippen LogP contribution in [0.3, 0.4) is 0 Å². The van der Waals surface area contributed by atoms with Gasteiger partial charge in [0.2, 0.25) is 5.91 Å². The predicted molar refractivity (Wildman–Crippen MR) is 83.2 cm³/mol. The largest absolute Gasteiger partial charge is 0.497 e. The third kappa shape index (κ3) is 5.15. The summed E-state index contributed by atoms with van der Waals surface area (Å²) in [6.45, 7) is 1.31. The van der Waals surface area contributed by atoms with Crippen LogP contribution >= 0.6 is 0 Å². The smallest absolute Gasteiger partial charge is 0.220 e. The molecule has 0 aromatic heterocycles. The molecule has 1 amide bonds. The van der Waals surface area contributed by atoms with Gasteiger partial charge in [-0.1, -0.05) is 0 Å². The van der Waals surface area contributed by atoms with E-state index in [1.807, 2.05) is 0 Å². The molecule has 120 valence electrons. The molecule has 5 nitrogen and oxygen atoms in total. The maximum absolute atomic E-state index is 12.0. The van der Waals surface area contributed by atoms with Crippen molar-refractivity contribution in [2.24, 2.45) is 0 Å². The van der Waals surface area contributed by atoms with Gasteiger partial charge in [0.15, 0.2) is 5.78 Å². The summed E-state index contributed by atoms with van der Waals surface area (Å²) in [5, 5.41) is 2.84. The molecule has 0 bridgehead atoms. The first kappa shape index (κ1) is 16.5. The fourth-order valence-electron chi connectivity index (χ4n) is 2.43. The molecule has 1 heterocycles. The van der Waals surface area contributed by atoms with Crippen molar-refractivity contribution >= 4 is 11.7 Å². The molecule has 5 heteroatoms. The van der Waals surface area contributed by atoms with Gasteiger partial charge < -0.3 is 14.8 Å². The number of hydrogen-bond donors (Lipinski definition) is 1. The fourth-order valence-corrected chi connectivity index (χ4v) is 2.43. The summed E-state index contributed by atoms with van der Waals surface area (Å²) in [4.78, 5) is 23.8. The Morgan fingerprint density at radius 3 is 2.64 bits per heavy atom. The molecule has 0 aliphatic carbocycles. The first-order valence-corrected chi connectivity index (χ1v) is 7.74. The van der Waals surface area contributed by atoms with Crippen LogP contribution < -0.4 is 10.1 Å². The number of carbonyl (C=O) groups is 2. The van der Waals surface area contributed by atoms with Gasteiger partial charge in [-0.15, -0.1) is 0 Å². The number of methoxy groups -OCH3 is 1.